The Labute approximate surface area is 101 Å². The summed E-state index contributed by atoms with van der Waals surface area (Å²) in [7, 11) is 0. The maximum atomic E-state index is 11.3. The summed E-state index contributed by atoms with van der Waals surface area (Å²) in [5, 5.41) is 3.23. The summed E-state index contributed by atoms with van der Waals surface area (Å²) in [6.07, 6.45) is 2.44. The van der Waals surface area contributed by atoms with E-state index in [1.165, 1.54) is 12.8 Å². The van der Waals surface area contributed by atoms with Gasteiger partial charge in [-0.25, -0.2) is 0 Å². The molecule has 0 aromatic heterocycles. The van der Waals surface area contributed by atoms with Crippen molar-refractivity contribution in [3.8, 4) is 0 Å². The number of anilines is 1. The molecule has 0 heterocycles. The molecule has 1 aliphatic carbocycles. The second-order valence-electron chi connectivity index (χ2n) is 4.80. The molecule has 1 saturated carbocycles. The van der Waals surface area contributed by atoms with E-state index in [9.17, 15) is 4.79 Å². The molecule has 1 atom stereocenters. The molecule has 4 heteroatoms. The fourth-order valence-corrected chi connectivity index (χ4v) is 1.94. The third kappa shape index (κ3) is 2.97. The summed E-state index contributed by atoms with van der Waals surface area (Å²) in [4.78, 5) is 11.3. The van der Waals surface area contributed by atoms with Gasteiger partial charge in [-0.2, -0.15) is 0 Å². The maximum Gasteiger partial charge on any atom is 0.250 e. The van der Waals surface area contributed by atoms with E-state index in [0.29, 0.717) is 18.0 Å². The summed E-state index contributed by atoms with van der Waals surface area (Å²) in [5.74, 6) is 0.233. The molecule has 0 radical (unpaired) electrons. The predicted molar refractivity (Wildman–Crippen MR) is 68.9 cm³/mol. The minimum Gasteiger partial charge on any atom is -0.383 e. The lowest BCUT2D eigenvalue weighted by molar-refractivity contribution is 0.100. The van der Waals surface area contributed by atoms with Gasteiger partial charge in [0.2, 0.25) is 0 Å². The molecule has 0 aliphatic heterocycles. The number of nitrogens with one attached hydrogen (secondary N) is 1. The lowest BCUT2D eigenvalue weighted by atomic mass is 10.1. The molecule has 1 fully saturated rings. The van der Waals surface area contributed by atoms with Crippen LogP contribution in [0.1, 0.15) is 28.8 Å². The normalized spacial score (nSPS) is 16.6. The lowest BCUT2D eigenvalue weighted by Gasteiger charge is -2.15. The van der Waals surface area contributed by atoms with Crippen LogP contribution < -0.4 is 16.8 Å². The molecule has 17 heavy (non-hydrogen) atoms. The van der Waals surface area contributed by atoms with Crippen LogP contribution in [0.5, 0.6) is 0 Å². The van der Waals surface area contributed by atoms with Gasteiger partial charge in [0.15, 0.2) is 0 Å². The van der Waals surface area contributed by atoms with Gasteiger partial charge in [-0.05, 0) is 43.4 Å². The van der Waals surface area contributed by atoms with Crippen molar-refractivity contribution in [2.45, 2.75) is 25.8 Å². The number of amides is 1. The van der Waals surface area contributed by atoms with Gasteiger partial charge in [0.25, 0.3) is 5.91 Å². The Hall–Kier alpha value is -1.55. The number of carbonyl (C=O) groups excluding carboxylic acids is 1. The fourth-order valence-electron chi connectivity index (χ4n) is 1.94. The number of rotatable bonds is 5. The average molecular weight is 233 g/mol. The highest BCUT2D eigenvalue weighted by Gasteiger charge is 2.28. The molecule has 0 spiro atoms. The van der Waals surface area contributed by atoms with Crippen LogP contribution in [0.3, 0.4) is 0 Å². The third-order valence-corrected chi connectivity index (χ3v) is 3.20. The molecule has 1 aromatic rings. The van der Waals surface area contributed by atoms with E-state index < -0.39 is 5.91 Å². The zero-order chi connectivity index (χ0) is 12.4. The van der Waals surface area contributed by atoms with E-state index in [0.717, 1.165) is 11.3 Å². The highest BCUT2D eigenvalue weighted by molar-refractivity contribution is 5.98. The summed E-state index contributed by atoms with van der Waals surface area (Å²) < 4.78 is 0. The Kier molecular flexibility index (Phi) is 3.33. The number of aryl methyl sites for hydroxylation is 1. The van der Waals surface area contributed by atoms with Crippen LogP contribution >= 0.6 is 0 Å². The van der Waals surface area contributed by atoms with Gasteiger partial charge in [-0.3, -0.25) is 4.79 Å². The second-order valence-corrected chi connectivity index (χ2v) is 4.80. The van der Waals surface area contributed by atoms with Crippen LogP contribution in [-0.2, 0) is 0 Å². The standard InChI is InChI=1S/C13H19N3O/c1-8-2-5-10(13(15)17)12(6-8)16-7-11(14)9-3-4-9/h2,5-6,9,11,16H,3-4,7,14H2,1H3,(H2,15,17). The first-order chi connectivity index (χ1) is 8.08. The van der Waals surface area contributed by atoms with Crippen LogP contribution in [0, 0.1) is 12.8 Å². The van der Waals surface area contributed by atoms with Gasteiger partial charge in [-0.15, -0.1) is 0 Å². The third-order valence-electron chi connectivity index (χ3n) is 3.20. The van der Waals surface area contributed by atoms with E-state index >= 15 is 0 Å². The first-order valence-electron chi connectivity index (χ1n) is 5.98. The molecule has 0 saturated heterocycles. The van der Waals surface area contributed by atoms with Crippen molar-refractivity contribution >= 4 is 11.6 Å². The Balaban J connectivity index is 2.07. The first-order valence-corrected chi connectivity index (χ1v) is 5.98. The zero-order valence-corrected chi connectivity index (χ0v) is 10.1. The predicted octanol–water partition coefficient (Wildman–Crippen LogP) is 1.24. The maximum absolute atomic E-state index is 11.3. The van der Waals surface area contributed by atoms with Crippen LogP contribution in [0.15, 0.2) is 18.2 Å². The average Bonchev–Trinajstić information content (AvgIpc) is 3.09. The van der Waals surface area contributed by atoms with Crippen molar-refractivity contribution in [1.29, 1.82) is 0 Å². The van der Waals surface area contributed by atoms with Crippen LogP contribution in [0.2, 0.25) is 0 Å². The van der Waals surface area contributed by atoms with E-state index in [1.54, 1.807) is 6.07 Å². The molecular weight excluding hydrogens is 214 g/mol. The van der Waals surface area contributed by atoms with Crippen LogP contribution in [-0.4, -0.2) is 18.5 Å². The van der Waals surface area contributed by atoms with E-state index in [2.05, 4.69) is 5.32 Å². The van der Waals surface area contributed by atoms with Crippen molar-refractivity contribution in [2.75, 3.05) is 11.9 Å². The Morgan fingerprint density at radius 3 is 2.82 bits per heavy atom. The highest BCUT2D eigenvalue weighted by Crippen LogP contribution is 2.31. The van der Waals surface area contributed by atoms with Gasteiger partial charge in [0.1, 0.15) is 0 Å². The number of nitrogens with two attached hydrogens (primary N) is 2. The number of hydrogen-bond donors (Lipinski definition) is 3. The van der Waals surface area contributed by atoms with E-state index in [4.69, 9.17) is 11.5 Å². The zero-order valence-electron chi connectivity index (χ0n) is 10.1. The molecule has 4 nitrogen and oxygen atoms in total. The number of carbonyl (C=O) groups is 1. The second kappa shape index (κ2) is 4.75. The van der Waals surface area contributed by atoms with Crippen molar-refractivity contribution < 1.29 is 4.79 Å². The molecule has 1 amide bonds. The number of hydrogen-bond acceptors (Lipinski definition) is 3. The van der Waals surface area contributed by atoms with Crippen molar-refractivity contribution in [3.63, 3.8) is 0 Å². The molecule has 92 valence electrons. The largest absolute Gasteiger partial charge is 0.383 e. The molecule has 5 N–H and O–H groups in total. The van der Waals surface area contributed by atoms with Crippen molar-refractivity contribution in [1.82, 2.24) is 0 Å². The molecule has 1 aromatic carbocycles. The van der Waals surface area contributed by atoms with Gasteiger partial charge >= 0.3 is 0 Å². The van der Waals surface area contributed by atoms with E-state index in [1.807, 2.05) is 19.1 Å². The summed E-state index contributed by atoms with van der Waals surface area (Å²) in [6, 6.07) is 5.73. The minimum absolute atomic E-state index is 0.163. The quantitative estimate of drug-likeness (QED) is 0.715. The van der Waals surface area contributed by atoms with Gasteiger partial charge in [-0.1, -0.05) is 6.07 Å². The molecule has 1 unspecified atom stereocenters. The Morgan fingerprint density at radius 2 is 2.24 bits per heavy atom. The Bertz CT molecular complexity index is 427. The van der Waals surface area contributed by atoms with Crippen LogP contribution in [0.4, 0.5) is 5.69 Å². The van der Waals surface area contributed by atoms with Crippen LogP contribution in [0.25, 0.3) is 0 Å². The van der Waals surface area contributed by atoms with E-state index in [-0.39, 0.29) is 6.04 Å². The topological polar surface area (TPSA) is 81.1 Å². The molecule has 2 rings (SSSR count). The summed E-state index contributed by atoms with van der Waals surface area (Å²) in [5.41, 5.74) is 13.8. The summed E-state index contributed by atoms with van der Waals surface area (Å²) >= 11 is 0. The highest BCUT2D eigenvalue weighted by atomic mass is 16.1. The Morgan fingerprint density at radius 1 is 1.53 bits per heavy atom. The number of primary amides is 1. The monoisotopic (exact) mass is 233 g/mol. The van der Waals surface area contributed by atoms with Crippen molar-refractivity contribution in [3.05, 3.63) is 29.3 Å². The van der Waals surface area contributed by atoms with Gasteiger partial charge in [0.05, 0.1) is 5.56 Å². The van der Waals surface area contributed by atoms with Gasteiger partial charge < -0.3 is 16.8 Å². The number of benzene rings is 1. The first kappa shape index (κ1) is 11.9. The van der Waals surface area contributed by atoms with Gasteiger partial charge in [0, 0.05) is 18.3 Å². The lowest BCUT2D eigenvalue weighted by Crippen LogP contribution is -2.31. The SMILES string of the molecule is Cc1ccc(C(N)=O)c(NCC(N)C2CC2)c1. The molecular formula is C13H19N3O. The minimum atomic E-state index is -0.410. The fraction of sp³-hybridized carbons (Fsp3) is 0.462. The molecule has 1 aliphatic rings. The summed E-state index contributed by atoms with van der Waals surface area (Å²) in [6.45, 7) is 2.67. The molecule has 0 bridgehead atoms. The van der Waals surface area contributed by atoms with Crippen molar-refractivity contribution in [2.24, 2.45) is 17.4 Å². The smallest absolute Gasteiger partial charge is 0.250 e.